The van der Waals surface area contributed by atoms with Crippen molar-refractivity contribution in [1.29, 1.82) is 0 Å². The van der Waals surface area contributed by atoms with Crippen LogP contribution in [0.5, 0.6) is 0 Å². The number of hydrogen-bond donors (Lipinski definition) is 1. The molecule has 1 nitrogen and oxygen atoms in total. The van der Waals surface area contributed by atoms with Gasteiger partial charge in [0.15, 0.2) is 0 Å². The highest BCUT2D eigenvalue weighted by molar-refractivity contribution is 5.32. The molecule has 0 aromatic heterocycles. The molecule has 1 aromatic rings. The first kappa shape index (κ1) is 12.6. The van der Waals surface area contributed by atoms with Crippen LogP contribution in [0.2, 0.25) is 0 Å². The van der Waals surface area contributed by atoms with Crippen molar-refractivity contribution in [3.05, 3.63) is 34.6 Å². The Hall–Kier alpha value is -0.890. The fourth-order valence-electron chi connectivity index (χ4n) is 2.94. The summed E-state index contributed by atoms with van der Waals surface area (Å²) in [5.41, 5.74) is 8.87. The molecule has 1 atom stereocenters. The van der Waals surface area contributed by atoms with Gasteiger partial charge in [-0.15, -0.1) is 0 Å². The third-order valence-electron chi connectivity index (χ3n) is 4.00. The van der Waals surface area contributed by atoms with Gasteiger partial charge in [-0.2, -0.15) is 0 Å². The lowest BCUT2D eigenvalue weighted by atomic mass is 9.81. The van der Waals surface area contributed by atoms with E-state index in [1.54, 1.807) is 0 Å². The standard InChI is InChI=1S/C15H22FN/c1-10-8-13(9-11(2)14(10)16)15(17)12-6-4-3-5-7-12/h8-9,12,15H,3-7,17H2,1-2H3. The van der Waals surface area contributed by atoms with E-state index in [4.69, 9.17) is 5.73 Å². The molecular weight excluding hydrogens is 213 g/mol. The number of hydrogen-bond acceptors (Lipinski definition) is 1. The summed E-state index contributed by atoms with van der Waals surface area (Å²) in [5.74, 6) is 0.484. The van der Waals surface area contributed by atoms with E-state index >= 15 is 0 Å². The fourth-order valence-corrected chi connectivity index (χ4v) is 2.94. The highest BCUT2D eigenvalue weighted by atomic mass is 19.1. The number of halogens is 1. The summed E-state index contributed by atoms with van der Waals surface area (Å²) in [4.78, 5) is 0. The second-order valence-corrected chi connectivity index (χ2v) is 5.39. The fraction of sp³-hybridized carbons (Fsp3) is 0.600. The van der Waals surface area contributed by atoms with Gasteiger partial charge in [-0.3, -0.25) is 0 Å². The van der Waals surface area contributed by atoms with Crippen LogP contribution in [0.25, 0.3) is 0 Å². The minimum Gasteiger partial charge on any atom is -0.324 e. The monoisotopic (exact) mass is 235 g/mol. The van der Waals surface area contributed by atoms with Gasteiger partial charge >= 0.3 is 0 Å². The van der Waals surface area contributed by atoms with Crippen molar-refractivity contribution in [2.75, 3.05) is 0 Å². The van der Waals surface area contributed by atoms with Crippen molar-refractivity contribution >= 4 is 0 Å². The van der Waals surface area contributed by atoms with Gasteiger partial charge in [0.1, 0.15) is 5.82 Å². The van der Waals surface area contributed by atoms with E-state index in [0.29, 0.717) is 17.0 Å². The zero-order chi connectivity index (χ0) is 12.4. The first-order chi connectivity index (χ1) is 8.09. The largest absolute Gasteiger partial charge is 0.324 e. The summed E-state index contributed by atoms with van der Waals surface area (Å²) >= 11 is 0. The second kappa shape index (κ2) is 5.18. The van der Waals surface area contributed by atoms with Crippen LogP contribution >= 0.6 is 0 Å². The van der Waals surface area contributed by atoms with Crippen LogP contribution in [0.4, 0.5) is 4.39 Å². The van der Waals surface area contributed by atoms with Crippen LogP contribution in [0, 0.1) is 25.6 Å². The molecule has 1 aliphatic carbocycles. The van der Waals surface area contributed by atoms with Gasteiger partial charge in [0, 0.05) is 6.04 Å². The molecule has 2 N–H and O–H groups in total. The van der Waals surface area contributed by atoms with E-state index in [-0.39, 0.29) is 11.9 Å². The molecule has 0 spiro atoms. The maximum atomic E-state index is 13.6. The Bertz CT molecular complexity index is 371. The molecule has 0 heterocycles. The highest BCUT2D eigenvalue weighted by Crippen LogP contribution is 2.33. The van der Waals surface area contributed by atoms with E-state index in [2.05, 4.69) is 0 Å². The number of nitrogens with two attached hydrogens (primary N) is 1. The lowest BCUT2D eigenvalue weighted by Gasteiger charge is -2.28. The molecule has 0 amide bonds. The van der Waals surface area contributed by atoms with E-state index in [0.717, 1.165) is 5.56 Å². The third kappa shape index (κ3) is 2.68. The van der Waals surface area contributed by atoms with Crippen molar-refractivity contribution in [3.8, 4) is 0 Å². The van der Waals surface area contributed by atoms with Gasteiger partial charge in [-0.1, -0.05) is 31.4 Å². The molecule has 2 rings (SSSR count). The molecule has 1 aromatic carbocycles. The number of benzene rings is 1. The summed E-state index contributed by atoms with van der Waals surface area (Å²) < 4.78 is 13.6. The predicted molar refractivity (Wildman–Crippen MR) is 69.4 cm³/mol. The average molecular weight is 235 g/mol. The SMILES string of the molecule is Cc1cc(C(N)C2CCCCC2)cc(C)c1F. The Labute approximate surface area is 103 Å². The minimum atomic E-state index is -0.0930. The Balaban J connectivity index is 2.21. The Morgan fingerprint density at radius 1 is 1.12 bits per heavy atom. The van der Waals surface area contributed by atoms with Crippen LogP contribution in [0.3, 0.4) is 0 Å². The summed E-state index contributed by atoms with van der Waals surface area (Å²) in [6, 6.07) is 3.91. The smallest absolute Gasteiger partial charge is 0.129 e. The van der Waals surface area contributed by atoms with Gasteiger partial charge in [0.25, 0.3) is 0 Å². The zero-order valence-electron chi connectivity index (χ0n) is 10.8. The van der Waals surface area contributed by atoms with Crippen molar-refractivity contribution in [1.82, 2.24) is 0 Å². The van der Waals surface area contributed by atoms with Gasteiger partial charge in [-0.05, 0) is 49.3 Å². The number of aryl methyl sites for hydroxylation is 2. The molecular formula is C15H22FN. The topological polar surface area (TPSA) is 26.0 Å². The highest BCUT2D eigenvalue weighted by Gasteiger charge is 2.22. The van der Waals surface area contributed by atoms with E-state index in [1.165, 1.54) is 32.1 Å². The average Bonchev–Trinajstić information content (AvgIpc) is 2.35. The molecule has 0 bridgehead atoms. The summed E-state index contributed by atoms with van der Waals surface area (Å²) in [5, 5.41) is 0. The quantitative estimate of drug-likeness (QED) is 0.823. The normalized spacial score (nSPS) is 19.3. The molecule has 0 radical (unpaired) electrons. The van der Waals surface area contributed by atoms with Crippen LogP contribution in [0.15, 0.2) is 12.1 Å². The first-order valence-electron chi connectivity index (χ1n) is 6.62. The van der Waals surface area contributed by atoms with Crippen molar-refractivity contribution in [2.24, 2.45) is 11.7 Å². The van der Waals surface area contributed by atoms with E-state index in [9.17, 15) is 4.39 Å². The van der Waals surface area contributed by atoms with E-state index in [1.807, 2.05) is 26.0 Å². The molecule has 17 heavy (non-hydrogen) atoms. The Kier molecular flexibility index (Phi) is 3.82. The van der Waals surface area contributed by atoms with Crippen molar-refractivity contribution in [2.45, 2.75) is 52.0 Å². The molecule has 0 saturated heterocycles. The summed E-state index contributed by atoms with van der Waals surface area (Å²) in [6.07, 6.45) is 6.35. The van der Waals surface area contributed by atoms with Crippen LogP contribution in [-0.2, 0) is 0 Å². The Morgan fingerprint density at radius 2 is 1.65 bits per heavy atom. The maximum Gasteiger partial charge on any atom is 0.129 e. The molecule has 94 valence electrons. The van der Waals surface area contributed by atoms with Crippen LogP contribution in [0.1, 0.15) is 54.8 Å². The molecule has 1 fully saturated rings. The zero-order valence-corrected chi connectivity index (χ0v) is 10.8. The maximum absolute atomic E-state index is 13.6. The van der Waals surface area contributed by atoms with Gasteiger partial charge in [0.05, 0.1) is 0 Å². The summed E-state index contributed by atoms with van der Waals surface area (Å²) in [6.45, 7) is 3.64. The van der Waals surface area contributed by atoms with Crippen molar-refractivity contribution in [3.63, 3.8) is 0 Å². The van der Waals surface area contributed by atoms with E-state index < -0.39 is 0 Å². The van der Waals surface area contributed by atoms with Crippen LogP contribution in [-0.4, -0.2) is 0 Å². The van der Waals surface area contributed by atoms with Crippen molar-refractivity contribution < 1.29 is 4.39 Å². The van der Waals surface area contributed by atoms with Crippen LogP contribution < -0.4 is 5.73 Å². The molecule has 1 aliphatic rings. The minimum absolute atomic E-state index is 0.0771. The summed E-state index contributed by atoms with van der Waals surface area (Å²) in [7, 11) is 0. The van der Waals surface area contributed by atoms with Gasteiger partial charge in [0.2, 0.25) is 0 Å². The first-order valence-corrected chi connectivity index (χ1v) is 6.62. The van der Waals surface area contributed by atoms with Gasteiger partial charge in [-0.25, -0.2) is 4.39 Å². The molecule has 0 aliphatic heterocycles. The Morgan fingerprint density at radius 3 is 2.18 bits per heavy atom. The lowest BCUT2D eigenvalue weighted by molar-refractivity contribution is 0.308. The predicted octanol–water partition coefficient (Wildman–Crippen LogP) is 4.02. The third-order valence-corrected chi connectivity index (χ3v) is 4.00. The molecule has 2 heteroatoms. The molecule has 1 saturated carbocycles. The molecule has 1 unspecified atom stereocenters. The lowest BCUT2D eigenvalue weighted by Crippen LogP contribution is -2.23. The number of rotatable bonds is 2. The second-order valence-electron chi connectivity index (χ2n) is 5.39. The van der Waals surface area contributed by atoms with Gasteiger partial charge < -0.3 is 5.73 Å².